The number of halogens is 1. The molecule has 1 aromatic heterocycles. The van der Waals surface area contributed by atoms with Gasteiger partial charge in [-0.1, -0.05) is 17.7 Å². The predicted molar refractivity (Wildman–Crippen MR) is 70.1 cm³/mol. The Kier molecular flexibility index (Phi) is 3.66. The van der Waals surface area contributed by atoms with Crippen LogP contribution in [0, 0.1) is 0 Å². The van der Waals surface area contributed by atoms with Crippen LogP contribution >= 0.6 is 22.9 Å². The van der Waals surface area contributed by atoms with Crippen LogP contribution in [0.1, 0.15) is 15.2 Å². The molecule has 0 bridgehead atoms. The van der Waals surface area contributed by atoms with E-state index in [1.165, 1.54) is 6.07 Å². The normalized spacial score (nSPS) is 10.2. The lowest BCUT2D eigenvalue weighted by Crippen LogP contribution is -2.05. The van der Waals surface area contributed by atoms with Gasteiger partial charge in [0.15, 0.2) is 0 Å². The van der Waals surface area contributed by atoms with Gasteiger partial charge in [0.2, 0.25) is 0 Å². The van der Waals surface area contributed by atoms with Crippen LogP contribution in [0.15, 0.2) is 35.7 Å². The van der Waals surface area contributed by atoms with Gasteiger partial charge in [-0.2, -0.15) is 0 Å². The molecule has 1 aromatic carbocycles. The molecular formula is C12H10ClNO2S. The van der Waals surface area contributed by atoms with Crippen LogP contribution < -0.4 is 5.32 Å². The summed E-state index contributed by atoms with van der Waals surface area (Å²) >= 11 is 7.40. The van der Waals surface area contributed by atoms with Crippen molar-refractivity contribution in [1.29, 1.82) is 0 Å². The minimum Gasteiger partial charge on any atom is -0.478 e. The highest BCUT2D eigenvalue weighted by atomic mass is 35.5. The average molecular weight is 268 g/mol. The Hall–Kier alpha value is -1.52. The molecule has 2 N–H and O–H groups in total. The summed E-state index contributed by atoms with van der Waals surface area (Å²) in [4.78, 5) is 12.2. The Bertz CT molecular complexity index is 525. The molecule has 0 spiro atoms. The molecule has 0 aliphatic carbocycles. The third-order valence-corrected chi connectivity index (χ3v) is 3.36. The Labute approximate surface area is 108 Å². The van der Waals surface area contributed by atoms with Crippen LogP contribution in [0.5, 0.6) is 0 Å². The highest BCUT2D eigenvalue weighted by Gasteiger charge is 2.10. The first-order valence-electron chi connectivity index (χ1n) is 4.96. The van der Waals surface area contributed by atoms with Crippen molar-refractivity contribution in [3.63, 3.8) is 0 Å². The second-order valence-electron chi connectivity index (χ2n) is 3.43. The number of rotatable bonds is 4. The maximum Gasteiger partial charge on any atom is 0.337 e. The van der Waals surface area contributed by atoms with Crippen molar-refractivity contribution in [3.05, 3.63) is 51.2 Å². The van der Waals surface area contributed by atoms with Crippen molar-refractivity contribution in [3.8, 4) is 0 Å². The molecule has 0 unspecified atom stereocenters. The first-order chi connectivity index (χ1) is 8.16. The van der Waals surface area contributed by atoms with E-state index in [0.29, 0.717) is 17.3 Å². The molecule has 0 amide bonds. The van der Waals surface area contributed by atoms with Gasteiger partial charge in [-0.3, -0.25) is 0 Å². The SMILES string of the molecule is O=C(O)c1cc(Cl)ccc1NCc1cccs1. The number of benzene rings is 1. The number of thiophene rings is 1. The fourth-order valence-corrected chi connectivity index (χ4v) is 2.26. The van der Waals surface area contributed by atoms with Gasteiger partial charge < -0.3 is 10.4 Å². The predicted octanol–water partition coefficient (Wildman–Crippen LogP) is 3.71. The largest absolute Gasteiger partial charge is 0.478 e. The second-order valence-corrected chi connectivity index (χ2v) is 4.90. The molecule has 0 radical (unpaired) electrons. The molecule has 0 aliphatic heterocycles. The van der Waals surface area contributed by atoms with E-state index >= 15 is 0 Å². The first kappa shape index (κ1) is 12.0. The fourth-order valence-electron chi connectivity index (χ4n) is 1.44. The highest BCUT2D eigenvalue weighted by Crippen LogP contribution is 2.22. The Morgan fingerprint density at radius 3 is 2.88 bits per heavy atom. The number of carbonyl (C=O) groups is 1. The van der Waals surface area contributed by atoms with Crippen LogP contribution in [0.2, 0.25) is 5.02 Å². The summed E-state index contributed by atoms with van der Waals surface area (Å²) in [5.41, 5.74) is 0.768. The van der Waals surface area contributed by atoms with Crippen molar-refractivity contribution >= 4 is 34.6 Å². The van der Waals surface area contributed by atoms with Gasteiger partial charge in [-0.25, -0.2) is 4.79 Å². The van der Waals surface area contributed by atoms with Gasteiger partial charge in [0.1, 0.15) is 0 Å². The standard InChI is InChI=1S/C12H10ClNO2S/c13-8-3-4-11(10(6-8)12(15)16)14-7-9-2-1-5-17-9/h1-6,14H,7H2,(H,15,16). The molecule has 0 fully saturated rings. The van der Waals surface area contributed by atoms with Gasteiger partial charge in [0.05, 0.1) is 5.56 Å². The average Bonchev–Trinajstić information content (AvgIpc) is 2.80. The molecule has 0 atom stereocenters. The number of aromatic carboxylic acids is 1. The zero-order chi connectivity index (χ0) is 12.3. The van der Waals surface area contributed by atoms with E-state index in [1.54, 1.807) is 23.5 Å². The minimum atomic E-state index is -0.985. The van der Waals surface area contributed by atoms with Crippen LogP contribution in [0.3, 0.4) is 0 Å². The molecular weight excluding hydrogens is 258 g/mol. The van der Waals surface area contributed by atoms with Gasteiger partial charge in [0.25, 0.3) is 0 Å². The van der Waals surface area contributed by atoms with E-state index in [1.807, 2.05) is 17.5 Å². The van der Waals surface area contributed by atoms with Gasteiger partial charge in [-0.05, 0) is 29.6 Å². The molecule has 0 saturated heterocycles. The summed E-state index contributed by atoms with van der Waals surface area (Å²) in [6, 6.07) is 8.75. The molecule has 88 valence electrons. The van der Waals surface area contributed by atoms with E-state index in [0.717, 1.165) is 4.88 Å². The van der Waals surface area contributed by atoms with E-state index in [2.05, 4.69) is 5.32 Å². The van der Waals surface area contributed by atoms with Gasteiger partial charge in [0, 0.05) is 22.1 Å². The van der Waals surface area contributed by atoms with Crippen molar-refractivity contribution in [1.82, 2.24) is 0 Å². The van der Waals surface area contributed by atoms with Crippen molar-refractivity contribution in [2.75, 3.05) is 5.32 Å². The molecule has 2 aromatic rings. The number of anilines is 1. The number of hydrogen-bond acceptors (Lipinski definition) is 3. The first-order valence-corrected chi connectivity index (χ1v) is 6.21. The molecule has 5 heteroatoms. The van der Waals surface area contributed by atoms with Crippen LogP contribution in [-0.4, -0.2) is 11.1 Å². The quantitative estimate of drug-likeness (QED) is 0.888. The maximum absolute atomic E-state index is 11.0. The van der Waals surface area contributed by atoms with Crippen molar-refractivity contribution in [2.45, 2.75) is 6.54 Å². The van der Waals surface area contributed by atoms with Gasteiger partial charge >= 0.3 is 5.97 Å². The smallest absolute Gasteiger partial charge is 0.337 e. The second kappa shape index (κ2) is 5.21. The Morgan fingerprint density at radius 1 is 1.41 bits per heavy atom. The maximum atomic E-state index is 11.0. The highest BCUT2D eigenvalue weighted by molar-refractivity contribution is 7.09. The van der Waals surface area contributed by atoms with E-state index in [4.69, 9.17) is 16.7 Å². The molecule has 17 heavy (non-hydrogen) atoms. The Morgan fingerprint density at radius 2 is 2.24 bits per heavy atom. The third-order valence-electron chi connectivity index (χ3n) is 2.25. The number of nitrogens with one attached hydrogen (secondary N) is 1. The van der Waals surface area contributed by atoms with Crippen LogP contribution in [0.4, 0.5) is 5.69 Å². The van der Waals surface area contributed by atoms with E-state index in [9.17, 15) is 4.79 Å². The van der Waals surface area contributed by atoms with Crippen molar-refractivity contribution < 1.29 is 9.90 Å². The van der Waals surface area contributed by atoms with E-state index in [-0.39, 0.29) is 5.56 Å². The third kappa shape index (κ3) is 2.99. The van der Waals surface area contributed by atoms with E-state index < -0.39 is 5.97 Å². The number of carboxylic acid groups (broad SMARTS) is 1. The van der Waals surface area contributed by atoms with Crippen molar-refractivity contribution in [2.24, 2.45) is 0 Å². The number of hydrogen-bond donors (Lipinski definition) is 2. The lowest BCUT2D eigenvalue weighted by Gasteiger charge is -2.08. The summed E-state index contributed by atoms with van der Waals surface area (Å²) in [6.07, 6.45) is 0. The summed E-state index contributed by atoms with van der Waals surface area (Å²) in [5.74, 6) is -0.985. The summed E-state index contributed by atoms with van der Waals surface area (Å²) in [6.45, 7) is 0.611. The molecule has 3 nitrogen and oxygen atoms in total. The molecule has 2 rings (SSSR count). The lowest BCUT2D eigenvalue weighted by atomic mass is 10.2. The topological polar surface area (TPSA) is 49.3 Å². The minimum absolute atomic E-state index is 0.189. The lowest BCUT2D eigenvalue weighted by molar-refractivity contribution is 0.0698. The molecule has 0 aliphatic rings. The number of carboxylic acids is 1. The summed E-state index contributed by atoms with van der Waals surface area (Å²) < 4.78 is 0. The zero-order valence-corrected chi connectivity index (χ0v) is 10.4. The molecule has 1 heterocycles. The zero-order valence-electron chi connectivity index (χ0n) is 8.81. The fraction of sp³-hybridized carbons (Fsp3) is 0.0833. The van der Waals surface area contributed by atoms with Crippen LogP contribution in [-0.2, 0) is 6.54 Å². The Balaban J connectivity index is 2.17. The molecule has 0 saturated carbocycles. The summed E-state index contributed by atoms with van der Waals surface area (Å²) in [7, 11) is 0. The van der Waals surface area contributed by atoms with Gasteiger partial charge in [-0.15, -0.1) is 11.3 Å². The summed E-state index contributed by atoms with van der Waals surface area (Å²) in [5, 5.41) is 14.5. The van der Waals surface area contributed by atoms with Crippen LogP contribution in [0.25, 0.3) is 0 Å². The monoisotopic (exact) mass is 267 g/mol.